The van der Waals surface area contributed by atoms with E-state index in [4.69, 9.17) is 10.2 Å². The van der Waals surface area contributed by atoms with Gasteiger partial charge in [0.2, 0.25) is 5.91 Å². The zero-order valence-corrected chi connectivity index (χ0v) is 17.7. The Kier molecular flexibility index (Phi) is 7.45. The Morgan fingerprint density at radius 1 is 1.03 bits per heavy atom. The van der Waals surface area contributed by atoms with Crippen LogP contribution in [0.2, 0.25) is 0 Å². The summed E-state index contributed by atoms with van der Waals surface area (Å²) >= 11 is 0. The minimum Gasteiger partial charge on any atom is -0.481 e. The zero-order chi connectivity index (χ0) is 23.3. The van der Waals surface area contributed by atoms with Gasteiger partial charge in [-0.05, 0) is 30.4 Å². The van der Waals surface area contributed by atoms with Gasteiger partial charge in [0.05, 0.1) is 0 Å². The molecule has 2 atom stereocenters. The number of amides is 4. The molecule has 2 aliphatic heterocycles. The number of carboxylic acids is 2. The zero-order valence-electron chi connectivity index (χ0n) is 17.7. The van der Waals surface area contributed by atoms with Crippen molar-refractivity contribution >= 4 is 29.8 Å². The average molecular weight is 445 g/mol. The molecule has 4 amide bonds. The van der Waals surface area contributed by atoms with Crippen LogP contribution >= 0.6 is 0 Å². The SMILES string of the molecule is O=C(O)CC[C@@H](NC(=O)CCCCCN1C(=O)[C@@H]2Cc3ccccc3CN2C1=O)C(=O)O. The van der Waals surface area contributed by atoms with E-state index in [1.165, 1.54) is 4.90 Å². The summed E-state index contributed by atoms with van der Waals surface area (Å²) in [6.07, 6.45) is 1.66. The number of unbranched alkanes of at least 4 members (excludes halogenated alkanes) is 2. The summed E-state index contributed by atoms with van der Waals surface area (Å²) < 4.78 is 0. The predicted molar refractivity (Wildman–Crippen MR) is 111 cm³/mol. The van der Waals surface area contributed by atoms with Gasteiger partial charge in [-0.1, -0.05) is 30.7 Å². The molecule has 0 aromatic heterocycles. The second-order valence-corrected chi connectivity index (χ2v) is 8.09. The van der Waals surface area contributed by atoms with Crippen molar-refractivity contribution in [2.24, 2.45) is 0 Å². The van der Waals surface area contributed by atoms with E-state index in [0.29, 0.717) is 32.2 Å². The van der Waals surface area contributed by atoms with E-state index in [-0.39, 0.29) is 37.7 Å². The standard InChI is InChI=1S/C22H27N3O7/c26-18(23-16(21(30)31)9-10-19(27)28)8-2-1-5-11-24-20(29)17-12-14-6-3-4-7-15(14)13-25(17)22(24)32/h3-4,6-7,16-17H,1-2,5,8-13H2,(H,23,26)(H,27,28)(H,30,31)/t16-,17+/m1/s1. The van der Waals surface area contributed by atoms with Gasteiger partial charge >= 0.3 is 18.0 Å². The van der Waals surface area contributed by atoms with Crippen LogP contribution in [0, 0.1) is 0 Å². The normalized spacial score (nSPS) is 18.2. The van der Waals surface area contributed by atoms with Crippen LogP contribution in [-0.4, -0.2) is 68.4 Å². The predicted octanol–water partition coefficient (Wildman–Crippen LogP) is 1.37. The Labute approximate surface area is 185 Å². The number of nitrogens with zero attached hydrogens (tertiary/aromatic N) is 2. The van der Waals surface area contributed by atoms with Gasteiger partial charge in [0.25, 0.3) is 5.91 Å². The van der Waals surface area contributed by atoms with Gasteiger partial charge in [-0.15, -0.1) is 0 Å². The molecule has 0 radical (unpaired) electrons. The number of rotatable bonds is 11. The molecule has 1 saturated heterocycles. The lowest BCUT2D eigenvalue weighted by molar-refractivity contribution is -0.143. The lowest BCUT2D eigenvalue weighted by Gasteiger charge is -2.28. The Hall–Kier alpha value is -3.43. The monoisotopic (exact) mass is 445 g/mol. The van der Waals surface area contributed by atoms with Crippen molar-refractivity contribution in [3.8, 4) is 0 Å². The van der Waals surface area contributed by atoms with Gasteiger partial charge in [-0.2, -0.15) is 0 Å². The Morgan fingerprint density at radius 2 is 1.75 bits per heavy atom. The topological polar surface area (TPSA) is 144 Å². The molecule has 10 nitrogen and oxygen atoms in total. The molecule has 2 heterocycles. The second-order valence-electron chi connectivity index (χ2n) is 8.09. The van der Waals surface area contributed by atoms with E-state index in [1.807, 2.05) is 24.3 Å². The fourth-order valence-corrected chi connectivity index (χ4v) is 4.10. The molecule has 1 aromatic carbocycles. The van der Waals surface area contributed by atoms with Crippen molar-refractivity contribution in [1.29, 1.82) is 0 Å². The van der Waals surface area contributed by atoms with Gasteiger partial charge < -0.3 is 20.4 Å². The minimum atomic E-state index is -1.27. The smallest absolute Gasteiger partial charge is 0.327 e. The number of nitrogens with one attached hydrogen (secondary N) is 1. The van der Waals surface area contributed by atoms with Gasteiger partial charge in [-0.25, -0.2) is 9.59 Å². The van der Waals surface area contributed by atoms with Gasteiger partial charge in [0.1, 0.15) is 12.1 Å². The molecule has 3 rings (SSSR count). The summed E-state index contributed by atoms with van der Waals surface area (Å²) in [4.78, 5) is 62.0. The molecule has 1 aromatic rings. The molecule has 32 heavy (non-hydrogen) atoms. The Balaban J connectivity index is 1.40. The van der Waals surface area contributed by atoms with E-state index < -0.39 is 29.9 Å². The fourth-order valence-electron chi connectivity index (χ4n) is 4.10. The van der Waals surface area contributed by atoms with E-state index in [2.05, 4.69) is 5.32 Å². The summed E-state index contributed by atoms with van der Waals surface area (Å²) in [6.45, 7) is 0.702. The largest absolute Gasteiger partial charge is 0.481 e. The minimum absolute atomic E-state index is 0.0861. The highest BCUT2D eigenvalue weighted by molar-refractivity contribution is 6.04. The molecule has 0 aliphatic carbocycles. The molecule has 0 saturated carbocycles. The summed E-state index contributed by atoms with van der Waals surface area (Å²) in [7, 11) is 0. The third kappa shape index (κ3) is 5.43. The second kappa shape index (κ2) is 10.3. The van der Waals surface area contributed by atoms with Crippen molar-refractivity contribution in [3.05, 3.63) is 35.4 Å². The van der Waals surface area contributed by atoms with Gasteiger partial charge in [-0.3, -0.25) is 19.3 Å². The molecule has 1 fully saturated rings. The highest BCUT2D eigenvalue weighted by atomic mass is 16.4. The number of benzene rings is 1. The molecule has 0 unspecified atom stereocenters. The van der Waals surface area contributed by atoms with Crippen LogP contribution in [-0.2, 0) is 32.1 Å². The van der Waals surface area contributed by atoms with Crippen molar-refractivity contribution < 1.29 is 34.2 Å². The first-order valence-corrected chi connectivity index (χ1v) is 10.7. The van der Waals surface area contributed by atoms with Crippen molar-refractivity contribution in [1.82, 2.24) is 15.1 Å². The molecule has 172 valence electrons. The van der Waals surface area contributed by atoms with Gasteiger partial charge in [0.15, 0.2) is 0 Å². The molecule has 2 aliphatic rings. The quantitative estimate of drug-likeness (QED) is 0.345. The first-order chi connectivity index (χ1) is 15.3. The lowest BCUT2D eigenvalue weighted by atomic mass is 9.95. The summed E-state index contributed by atoms with van der Waals surface area (Å²) in [6, 6.07) is 5.81. The van der Waals surface area contributed by atoms with Crippen LogP contribution in [0.4, 0.5) is 4.79 Å². The Bertz CT molecular complexity index is 874. The highest BCUT2D eigenvalue weighted by Gasteiger charge is 2.46. The highest BCUT2D eigenvalue weighted by Crippen LogP contribution is 2.30. The van der Waals surface area contributed by atoms with E-state index in [1.54, 1.807) is 4.90 Å². The van der Waals surface area contributed by atoms with Crippen molar-refractivity contribution in [2.75, 3.05) is 6.54 Å². The van der Waals surface area contributed by atoms with Crippen LogP contribution in [0.1, 0.15) is 49.7 Å². The molecule has 10 heteroatoms. The summed E-state index contributed by atoms with van der Waals surface area (Å²) in [5.74, 6) is -3.06. The maximum atomic E-state index is 12.7. The molecular weight excluding hydrogens is 418 g/mol. The maximum Gasteiger partial charge on any atom is 0.327 e. The van der Waals surface area contributed by atoms with Crippen molar-refractivity contribution in [3.63, 3.8) is 0 Å². The lowest BCUT2D eigenvalue weighted by Crippen LogP contribution is -2.41. The number of imide groups is 1. The van der Waals surface area contributed by atoms with Crippen LogP contribution < -0.4 is 5.32 Å². The van der Waals surface area contributed by atoms with Crippen LogP contribution in [0.3, 0.4) is 0 Å². The Morgan fingerprint density at radius 3 is 2.44 bits per heavy atom. The number of fused-ring (bicyclic) bond motifs is 2. The third-order valence-corrected chi connectivity index (χ3v) is 5.84. The maximum absolute atomic E-state index is 12.7. The van der Waals surface area contributed by atoms with E-state index in [0.717, 1.165) is 11.1 Å². The number of urea groups is 1. The molecule has 3 N–H and O–H groups in total. The van der Waals surface area contributed by atoms with Crippen LogP contribution in [0.25, 0.3) is 0 Å². The number of hydrogen-bond acceptors (Lipinski definition) is 5. The summed E-state index contributed by atoms with van der Waals surface area (Å²) in [5.41, 5.74) is 2.14. The fraction of sp³-hybridized carbons (Fsp3) is 0.500. The third-order valence-electron chi connectivity index (χ3n) is 5.84. The van der Waals surface area contributed by atoms with Crippen molar-refractivity contribution in [2.45, 2.75) is 63.6 Å². The van der Waals surface area contributed by atoms with E-state index in [9.17, 15) is 24.0 Å². The summed E-state index contributed by atoms with van der Waals surface area (Å²) in [5, 5.41) is 20.1. The average Bonchev–Trinajstić information content (AvgIpc) is 2.98. The number of carbonyl (C=O) groups is 5. The van der Waals surface area contributed by atoms with Crippen LogP contribution in [0.15, 0.2) is 24.3 Å². The molecular formula is C22H27N3O7. The molecule has 0 bridgehead atoms. The molecule has 0 spiro atoms. The number of hydrogen-bond donors (Lipinski definition) is 3. The first kappa shape index (κ1) is 23.2. The number of carbonyl (C=O) groups excluding carboxylic acids is 3. The van der Waals surface area contributed by atoms with Crippen LogP contribution in [0.5, 0.6) is 0 Å². The first-order valence-electron chi connectivity index (χ1n) is 10.7. The number of carboxylic acid groups (broad SMARTS) is 2. The van der Waals surface area contributed by atoms with Gasteiger partial charge in [0, 0.05) is 32.4 Å². The number of aliphatic carboxylic acids is 2. The van der Waals surface area contributed by atoms with E-state index >= 15 is 0 Å².